The minimum absolute atomic E-state index is 0.0319. The van der Waals surface area contributed by atoms with Crippen molar-refractivity contribution in [3.63, 3.8) is 0 Å². The third kappa shape index (κ3) is 5.81. The molecule has 3 amide bonds. The van der Waals surface area contributed by atoms with Gasteiger partial charge < -0.3 is 20.1 Å². The van der Waals surface area contributed by atoms with Crippen molar-refractivity contribution in [1.82, 2.24) is 15.5 Å². The molecule has 1 fully saturated rings. The number of hydrogen-bond donors (Lipinski definition) is 2. The van der Waals surface area contributed by atoms with Gasteiger partial charge >= 0.3 is 0 Å². The van der Waals surface area contributed by atoms with Gasteiger partial charge in [0.05, 0.1) is 17.4 Å². The number of amides is 3. The third-order valence-electron chi connectivity index (χ3n) is 7.72. The first-order chi connectivity index (χ1) is 20.0. The highest BCUT2D eigenvalue weighted by molar-refractivity contribution is 8.15. The SMILES string of the molecule is CC[C@H](SC1=Nc2ccccc2C2=N[C@@H](CC(=O)NCc3ccc4c(c3)OCO4)C(=O)N12)C(=O)NC1CCCCC1. The van der Waals surface area contributed by atoms with Crippen molar-refractivity contribution < 1.29 is 23.9 Å². The van der Waals surface area contributed by atoms with E-state index >= 15 is 0 Å². The summed E-state index contributed by atoms with van der Waals surface area (Å²) in [5.74, 6) is 1.16. The summed E-state index contributed by atoms with van der Waals surface area (Å²) in [6, 6.07) is 12.3. The average molecular weight is 576 g/mol. The van der Waals surface area contributed by atoms with Gasteiger partial charge in [0.15, 0.2) is 16.7 Å². The molecule has 0 unspecified atom stereocenters. The van der Waals surface area contributed by atoms with Crippen molar-refractivity contribution in [1.29, 1.82) is 0 Å². The third-order valence-corrected chi connectivity index (χ3v) is 9.03. The first kappa shape index (κ1) is 27.3. The Hall–Kier alpha value is -3.86. The number of nitrogens with zero attached hydrogens (tertiary/aromatic N) is 3. The maximum atomic E-state index is 13.7. The van der Waals surface area contributed by atoms with E-state index in [1.54, 1.807) is 0 Å². The fraction of sp³-hybridized carbons (Fsp3) is 0.433. The fourth-order valence-corrected chi connectivity index (χ4v) is 6.53. The number of benzene rings is 2. The molecule has 2 aromatic rings. The van der Waals surface area contributed by atoms with Crippen LogP contribution in [-0.2, 0) is 20.9 Å². The smallest absolute Gasteiger partial charge is 0.259 e. The van der Waals surface area contributed by atoms with Crippen LogP contribution in [0.25, 0.3) is 0 Å². The molecule has 0 spiro atoms. The molecule has 0 saturated heterocycles. The number of rotatable bonds is 8. The van der Waals surface area contributed by atoms with E-state index in [4.69, 9.17) is 19.5 Å². The van der Waals surface area contributed by atoms with Crippen molar-refractivity contribution in [2.75, 3.05) is 6.79 Å². The van der Waals surface area contributed by atoms with Crippen molar-refractivity contribution in [2.45, 2.75) is 75.7 Å². The second kappa shape index (κ2) is 11.9. The van der Waals surface area contributed by atoms with Crippen LogP contribution in [0.3, 0.4) is 0 Å². The Balaban J connectivity index is 1.15. The van der Waals surface area contributed by atoms with Crippen molar-refractivity contribution >= 4 is 46.2 Å². The highest BCUT2D eigenvalue weighted by Gasteiger charge is 2.43. The van der Waals surface area contributed by atoms with Crippen LogP contribution in [0.4, 0.5) is 5.69 Å². The molecule has 11 heteroatoms. The van der Waals surface area contributed by atoms with E-state index in [0.29, 0.717) is 34.6 Å². The minimum atomic E-state index is -0.880. The monoisotopic (exact) mass is 575 g/mol. The first-order valence-corrected chi connectivity index (χ1v) is 15.1. The standard InChI is InChI=1S/C30H33N5O5S/c1-2-25(28(37)32-19-8-4-3-5-9-19)41-30-34-21-11-7-6-10-20(21)27-33-22(29(38)35(27)30)15-26(36)31-16-18-12-13-23-24(14-18)40-17-39-23/h6-7,10-14,19,22,25H,2-5,8-9,15-17H2,1H3,(H,31,36)(H,32,37)/t22-,25-/m0/s1. The van der Waals surface area contributed by atoms with Crippen LogP contribution in [0.5, 0.6) is 11.5 Å². The van der Waals surface area contributed by atoms with Gasteiger partial charge in [-0.25, -0.2) is 9.89 Å². The highest BCUT2D eigenvalue weighted by atomic mass is 32.2. The Morgan fingerprint density at radius 3 is 2.73 bits per heavy atom. The van der Waals surface area contributed by atoms with Crippen molar-refractivity contribution in [2.24, 2.45) is 9.98 Å². The first-order valence-electron chi connectivity index (χ1n) is 14.2. The molecule has 214 valence electrons. The van der Waals surface area contributed by atoms with Crippen LogP contribution < -0.4 is 20.1 Å². The van der Waals surface area contributed by atoms with Gasteiger partial charge in [-0.3, -0.25) is 19.4 Å². The number of carbonyl (C=O) groups excluding carboxylic acids is 3. The highest BCUT2D eigenvalue weighted by Crippen LogP contribution is 2.36. The quantitative estimate of drug-likeness (QED) is 0.490. The van der Waals surface area contributed by atoms with E-state index in [1.807, 2.05) is 49.4 Å². The van der Waals surface area contributed by atoms with Crippen molar-refractivity contribution in [3.8, 4) is 11.5 Å². The van der Waals surface area contributed by atoms with Crippen molar-refractivity contribution in [3.05, 3.63) is 53.6 Å². The molecule has 4 aliphatic rings. The van der Waals surface area contributed by atoms with Gasteiger partial charge in [-0.15, -0.1) is 0 Å². The van der Waals surface area contributed by atoms with E-state index < -0.39 is 11.3 Å². The van der Waals surface area contributed by atoms with E-state index in [-0.39, 0.29) is 43.5 Å². The maximum Gasteiger partial charge on any atom is 0.259 e. The van der Waals surface area contributed by atoms with Crippen LogP contribution in [0.1, 0.15) is 63.0 Å². The summed E-state index contributed by atoms with van der Waals surface area (Å²) >= 11 is 1.28. The summed E-state index contributed by atoms with van der Waals surface area (Å²) in [5.41, 5.74) is 2.28. The largest absolute Gasteiger partial charge is 0.454 e. The number of amidine groups is 2. The van der Waals surface area contributed by atoms with Crippen LogP contribution in [0.15, 0.2) is 52.4 Å². The minimum Gasteiger partial charge on any atom is -0.454 e. The maximum absolute atomic E-state index is 13.7. The number of para-hydroxylation sites is 1. The van der Waals surface area contributed by atoms with Gasteiger partial charge in [-0.1, -0.05) is 56.1 Å². The van der Waals surface area contributed by atoms with Gasteiger partial charge in [0.1, 0.15) is 11.9 Å². The lowest BCUT2D eigenvalue weighted by atomic mass is 9.95. The molecule has 3 aliphatic heterocycles. The molecule has 1 saturated carbocycles. The summed E-state index contributed by atoms with van der Waals surface area (Å²) in [4.78, 5) is 50.7. The normalized spacial score (nSPS) is 20.1. The molecule has 2 atom stereocenters. The zero-order valence-corrected chi connectivity index (χ0v) is 23.7. The average Bonchev–Trinajstić information content (AvgIpc) is 3.59. The van der Waals surface area contributed by atoms with Gasteiger partial charge in [0.25, 0.3) is 5.91 Å². The van der Waals surface area contributed by atoms with Crippen LogP contribution >= 0.6 is 11.8 Å². The van der Waals surface area contributed by atoms with Gasteiger partial charge in [-0.05, 0) is 49.1 Å². The number of thioether (sulfide) groups is 1. The number of nitrogens with one attached hydrogen (secondary N) is 2. The molecule has 2 N–H and O–H groups in total. The number of fused-ring (bicyclic) bond motifs is 4. The topological polar surface area (TPSA) is 122 Å². The zero-order chi connectivity index (χ0) is 28.3. The lowest BCUT2D eigenvalue weighted by Gasteiger charge is -2.29. The summed E-state index contributed by atoms with van der Waals surface area (Å²) in [6.07, 6.45) is 5.97. The molecular weight excluding hydrogens is 542 g/mol. The number of aliphatic imine (C=N–C) groups is 2. The van der Waals surface area contributed by atoms with Crippen LogP contribution in [0.2, 0.25) is 0 Å². The van der Waals surface area contributed by atoms with Gasteiger partial charge in [0.2, 0.25) is 18.6 Å². The van der Waals surface area contributed by atoms with E-state index in [0.717, 1.165) is 36.8 Å². The summed E-state index contributed by atoms with van der Waals surface area (Å²) in [7, 11) is 0. The van der Waals surface area contributed by atoms with Crippen LogP contribution in [-0.4, -0.2) is 57.8 Å². The lowest BCUT2D eigenvalue weighted by Crippen LogP contribution is -2.45. The Kier molecular flexibility index (Phi) is 7.95. The molecule has 10 nitrogen and oxygen atoms in total. The molecule has 2 aromatic carbocycles. The number of carbonyl (C=O) groups is 3. The Bertz CT molecular complexity index is 1420. The Morgan fingerprint density at radius 1 is 1.10 bits per heavy atom. The molecule has 1 aliphatic carbocycles. The lowest BCUT2D eigenvalue weighted by molar-refractivity contribution is -0.128. The Labute approximate surface area is 243 Å². The molecule has 41 heavy (non-hydrogen) atoms. The molecule has 6 rings (SSSR count). The van der Waals surface area contributed by atoms with E-state index in [2.05, 4.69) is 10.6 Å². The second-order valence-corrected chi connectivity index (χ2v) is 11.8. The summed E-state index contributed by atoms with van der Waals surface area (Å²) in [6.45, 7) is 2.43. The Morgan fingerprint density at radius 2 is 1.90 bits per heavy atom. The van der Waals surface area contributed by atoms with E-state index in [9.17, 15) is 14.4 Å². The van der Waals surface area contributed by atoms with Gasteiger partial charge in [0, 0.05) is 18.2 Å². The molecule has 0 aromatic heterocycles. The van der Waals surface area contributed by atoms with Crippen LogP contribution in [0, 0.1) is 0 Å². The fourth-order valence-electron chi connectivity index (χ4n) is 5.50. The predicted molar refractivity (Wildman–Crippen MR) is 156 cm³/mol. The molecule has 3 heterocycles. The number of hydrogen-bond acceptors (Lipinski definition) is 8. The number of ether oxygens (including phenoxy) is 2. The second-order valence-electron chi connectivity index (χ2n) is 10.6. The summed E-state index contributed by atoms with van der Waals surface area (Å²) < 4.78 is 10.7. The summed E-state index contributed by atoms with van der Waals surface area (Å²) in [5, 5.41) is 6.10. The molecular formula is C30H33N5O5S. The van der Waals surface area contributed by atoms with Gasteiger partial charge in [-0.2, -0.15) is 0 Å². The van der Waals surface area contributed by atoms with E-state index in [1.165, 1.54) is 23.1 Å². The molecule has 0 radical (unpaired) electrons. The predicted octanol–water partition coefficient (Wildman–Crippen LogP) is 4.04. The molecule has 0 bridgehead atoms. The zero-order valence-electron chi connectivity index (χ0n) is 22.9.